The quantitative estimate of drug-likeness (QED) is 0.440. The number of benzene rings is 2. The third-order valence-corrected chi connectivity index (χ3v) is 5.22. The van der Waals surface area contributed by atoms with Crippen molar-refractivity contribution in [2.45, 2.75) is 32.4 Å². The molecule has 1 amide bonds. The molecule has 0 bridgehead atoms. The Hall–Kier alpha value is -3.81. The van der Waals surface area contributed by atoms with Gasteiger partial charge in [-0.15, -0.1) is 0 Å². The van der Waals surface area contributed by atoms with Crippen LogP contribution in [-0.4, -0.2) is 31.8 Å². The standard InChI is InChI=1S/C24H24FN5O2/c25-20-10-4-9-19(14-20)16-29-17-27-23-21(24(29)32)15-28-30(23)13-12-26-22(31)11-5-8-18-6-2-1-3-7-18/h1-4,6-7,9-10,14-15,17H,5,8,11-13,16H2,(H,26,31). The number of aryl methyl sites for hydroxylation is 1. The second-order valence-electron chi connectivity index (χ2n) is 7.60. The Morgan fingerprint density at radius 1 is 1.06 bits per heavy atom. The van der Waals surface area contributed by atoms with Crippen LogP contribution in [0.15, 0.2) is 71.9 Å². The molecule has 4 aromatic rings. The van der Waals surface area contributed by atoms with Crippen LogP contribution >= 0.6 is 0 Å². The molecule has 0 fully saturated rings. The number of hydrogen-bond donors (Lipinski definition) is 1. The van der Waals surface area contributed by atoms with Gasteiger partial charge in [-0.2, -0.15) is 5.10 Å². The third-order valence-electron chi connectivity index (χ3n) is 5.22. The van der Waals surface area contributed by atoms with Gasteiger partial charge in [-0.25, -0.2) is 14.1 Å². The van der Waals surface area contributed by atoms with Crippen molar-refractivity contribution in [1.29, 1.82) is 0 Å². The lowest BCUT2D eigenvalue weighted by Gasteiger charge is -2.08. The fraction of sp³-hybridized carbons (Fsp3) is 0.250. The summed E-state index contributed by atoms with van der Waals surface area (Å²) in [6.45, 7) is 1.03. The molecule has 0 spiro atoms. The summed E-state index contributed by atoms with van der Waals surface area (Å²) >= 11 is 0. The number of hydrogen-bond acceptors (Lipinski definition) is 4. The minimum atomic E-state index is -0.348. The molecule has 164 valence electrons. The predicted molar refractivity (Wildman–Crippen MR) is 120 cm³/mol. The van der Waals surface area contributed by atoms with Crippen LogP contribution in [0.3, 0.4) is 0 Å². The van der Waals surface area contributed by atoms with E-state index in [1.54, 1.807) is 16.8 Å². The minimum Gasteiger partial charge on any atom is -0.354 e. The van der Waals surface area contributed by atoms with Gasteiger partial charge in [0, 0.05) is 13.0 Å². The summed E-state index contributed by atoms with van der Waals surface area (Å²) in [6, 6.07) is 16.2. The van der Waals surface area contributed by atoms with Crippen molar-refractivity contribution in [3.8, 4) is 0 Å². The van der Waals surface area contributed by atoms with E-state index >= 15 is 0 Å². The molecule has 0 radical (unpaired) electrons. The number of carbonyl (C=O) groups is 1. The maximum atomic E-state index is 13.4. The Kier molecular flexibility index (Phi) is 6.69. The number of amides is 1. The lowest BCUT2D eigenvalue weighted by atomic mass is 10.1. The maximum absolute atomic E-state index is 13.4. The summed E-state index contributed by atoms with van der Waals surface area (Å²) in [5.74, 6) is -0.359. The Morgan fingerprint density at radius 3 is 2.69 bits per heavy atom. The van der Waals surface area contributed by atoms with Gasteiger partial charge in [0.15, 0.2) is 5.65 Å². The molecule has 4 rings (SSSR count). The Morgan fingerprint density at radius 2 is 1.88 bits per heavy atom. The van der Waals surface area contributed by atoms with Crippen molar-refractivity contribution >= 4 is 16.9 Å². The van der Waals surface area contributed by atoms with Crippen LogP contribution in [0, 0.1) is 5.82 Å². The summed E-state index contributed by atoms with van der Waals surface area (Å²) in [4.78, 5) is 29.2. The molecule has 0 unspecified atom stereocenters. The summed E-state index contributed by atoms with van der Waals surface area (Å²) < 4.78 is 16.4. The zero-order valence-electron chi connectivity index (χ0n) is 17.6. The van der Waals surface area contributed by atoms with E-state index in [1.165, 1.54) is 34.8 Å². The van der Waals surface area contributed by atoms with Gasteiger partial charge in [0.25, 0.3) is 5.56 Å². The van der Waals surface area contributed by atoms with E-state index in [9.17, 15) is 14.0 Å². The summed E-state index contributed by atoms with van der Waals surface area (Å²) in [6.07, 6.45) is 5.03. The predicted octanol–water partition coefficient (Wildman–Crippen LogP) is 2.92. The molecule has 7 nitrogen and oxygen atoms in total. The highest BCUT2D eigenvalue weighted by molar-refractivity contribution is 5.76. The zero-order valence-corrected chi connectivity index (χ0v) is 17.6. The van der Waals surface area contributed by atoms with Gasteiger partial charge in [0.1, 0.15) is 17.5 Å². The van der Waals surface area contributed by atoms with Gasteiger partial charge in [0.05, 0.1) is 19.3 Å². The van der Waals surface area contributed by atoms with E-state index in [4.69, 9.17) is 0 Å². The van der Waals surface area contributed by atoms with Crippen LogP contribution in [0.1, 0.15) is 24.0 Å². The fourth-order valence-corrected chi connectivity index (χ4v) is 3.59. The molecular formula is C24H24FN5O2. The van der Waals surface area contributed by atoms with Crippen LogP contribution in [0.2, 0.25) is 0 Å². The lowest BCUT2D eigenvalue weighted by molar-refractivity contribution is -0.121. The van der Waals surface area contributed by atoms with Crippen LogP contribution in [0.5, 0.6) is 0 Å². The second-order valence-corrected chi connectivity index (χ2v) is 7.60. The van der Waals surface area contributed by atoms with Crippen molar-refractivity contribution in [2.75, 3.05) is 6.54 Å². The van der Waals surface area contributed by atoms with Gasteiger partial charge in [-0.3, -0.25) is 14.2 Å². The number of nitrogens with one attached hydrogen (secondary N) is 1. The van der Waals surface area contributed by atoms with E-state index < -0.39 is 0 Å². The Balaban J connectivity index is 1.31. The van der Waals surface area contributed by atoms with Gasteiger partial charge in [-0.05, 0) is 36.1 Å². The topological polar surface area (TPSA) is 81.8 Å². The molecule has 8 heteroatoms. The van der Waals surface area contributed by atoms with Crippen molar-refractivity contribution < 1.29 is 9.18 Å². The van der Waals surface area contributed by atoms with Gasteiger partial charge in [0.2, 0.25) is 5.91 Å². The molecule has 0 aliphatic rings. The molecular weight excluding hydrogens is 409 g/mol. The first-order chi connectivity index (χ1) is 15.6. The van der Waals surface area contributed by atoms with Crippen molar-refractivity contribution in [1.82, 2.24) is 24.6 Å². The van der Waals surface area contributed by atoms with E-state index in [1.807, 2.05) is 18.2 Å². The second kappa shape index (κ2) is 10.00. The largest absolute Gasteiger partial charge is 0.354 e. The van der Waals surface area contributed by atoms with Gasteiger partial charge < -0.3 is 5.32 Å². The van der Waals surface area contributed by atoms with Crippen LogP contribution in [0.25, 0.3) is 11.0 Å². The molecule has 0 aliphatic heterocycles. The first kappa shape index (κ1) is 21.4. The SMILES string of the molecule is O=C(CCCc1ccccc1)NCCn1ncc2c(=O)n(Cc3cccc(F)c3)cnc21. The molecule has 0 aliphatic carbocycles. The first-order valence-electron chi connectivity index (χ1n) is 10.6. The molecule has 2 heterocycles. The number of fused-ring (bicyclic) bond motifs is 1. The summed E-state index contributed by atoms with van der Waals surface area (Å²) in [5.41, 5.74) is 2.12. The molecule has 0 atom stereocenters. The van der Waals surface area contributed by atoms with Crippen LogP contribution in [-0.2, 0) is 24.3 Å². The average Bonchev–Trinajstić information content (AvgIpc) is 3.20. The molecule has 0 saturated carbocycles. The lowest BCUT2D eigenvalue weighted by Crippen LogP contribution is -2.27. The van der Waals surface area contributed by atoms with Crippen molar-refractivity contribution in [3.05, 3.63) is 94.4 Å². The minimum absolute atomic E-state index is 0.0113. The highest BCUT2D eigenvalue weighted by Crippen LogP contribution is 2.08. The van der Waals surface area contributed by atoms with Crippen LogP contribution < -0.4 is 10.9 Å². The van der Waals surface area contributed by atoms with Crippen molar-refractivity contribution in [3.63, 3.8) is 0 Å². The van der Waals surface area contributed by atoms with Crippen molar-refractivity contribution in [2.24, 2.45) is 0 Å². The van der Waals surface area contributed by atoms with E-state index in [2.05, 4.69) is 27.5 Å². The molecule has 32 heavy (non-hydrogen) atoms. The summed E-state index contributed by atoms with van der Waals surface area (Å²) in [5, 5.41) is 7.52. The Bertz CT molecular complexity index is 1270. The number of rotatable bonds is 9. The van der Waals surface area contributed by atoms with E-state index in [0.717, 1.165) is 12.8 Å². The zero-order chi connectivity index (χ0) is 22.3. The first-order valence-corrected chi connectivity index (χ1v) is 10.6. The molecule has 2 aromatic heterocycles. The van der Waals surface area contributed by atoms with Gasteiger partial charge >= 0.3 is 0 Å². The Labute approximate surface area is 184 Å². The monoisotopic (exact) mass is 433 g/mol. The molecule has 2 aromatic carbocycles. The highest BCUT2D eigenvalue weighted by atomic mass is 19.1. The fourth-order valence-electron chi connectivity index (χ4n) is 3.59. The average molecular weight is 433 g/mol. The number of halogens is 1. The van der Waals surface area contributed by atoms with Gasteiger partial charge in [-0.1, -0.05) is 42.5 Å². The van der Waals surface area contributed by atoms with E-state index in [-0.39, 0.29) is 23.8 Å². The number of carbonyl (C=O) groups excluding carboxylic acids is 1. The number of nitrogens with zero attached hydrogens (tertiary/aromatic N) is 4. The molecule has 1 N–H and O–H groups in total. The maximum Gasteiger partial charge on any atom is 0.264 e. The molecule has 0 saturated heterocycles. The van der Waals surface area contributed by atoms with E-state index in [0.29, 0.717) is 36.1 Å². The van der Waals surface area contributed by atoms with Crippen LogP contribution in [0.4, 0.5) is 4.39 Å². The normalized spacial score (nSPS) is 11.0. The number of aromatic nitrogens is 4. The third kappa shape index (κ3) is 5.26. The smallest absolute Gasteiger partial charge is 0.264 e. The summed E-state index contributed by atoms with van der Waals surface area (Å²) in [7, 11) is 0. The highest BCUT2D eigenvalue weighted by Gasteiger charge is 2.11.